The van der Waals surface area contributed by atoms with Gasteiger partial charge < -0.3 is 10.1 Å². The number of benzene rings is 2. The number of nitrogens with zero attached hydrogens (tertiary/aromatic N) is 3. The van der Waals surface area contributed by atoms with E-state index in [2.05, 4.69) is 20.1 Å². The SMILES string of the molecule is C[C@]1(NC(=O)c2cc3c(cn2)c(-c2cccc(OC(F)F)c2)nn3-c2ccc(F)cc2)CCS(=O)(=O)C1. The number of hydrogen-bond donors (Lipinski definition) is 1. The third kappa shape index (κ3) is 5.15. The molecule has 0 spiro atoms. The topological polar surface area (TPSA) is 103 Å². The smallest absolute Gasteiger partial charge is 0.387 e. The molecule has 5 rings (SSSR count). The zero-order valence-electron chi connectivity index (χ0n) is 19.5. The first-order valence-corrected chi connectivity index (χ1v) is 13.1. The molecule has 2 aromatic heterocycles. The summed E-state index contributed by atoms with van der Waals surface area (Å²) in [5, 5.41) is 7.90. The number of amides is 1. The number of fused-ring (bicyclic) bond motifs is 1. The average molecular weight is 531 g/mol. The van der Waals surface area contributed by atoms with E-state index in [0.29, 0.717) is 27.8 Å². The molecule has 4 aromatic rings. The van der Waals surface area contributed by atoms with E-state index in [0.717, 1.165) is 0 Å². The summed E-state index contributed by atoms with van der Waals surface area (Å²) < 4.78 is 68.9. The van der Waals surface area contributed by atoms with Crippen molar-refractivity contribution in [2.24, 2.45) is 0 Å². The summed E-state index contributed by atoms with van der Waals surface area (Å²) >= 11 is 0. The lowest BCUT2D eigenvalue weighted by molar-refractivity contribution is -0.0498. The van der Waals surface area contributed by atoms with E-state index in [9.17, 15) is 26.4 Å². The van der Waals surface area contributed by atoms with E-state index < -0.39 is 33.7 Å². The Kier molecular flexibility index (Phi) is 6.14. The minimum Gasteiger partial charge on any atom is -0.435 e. The Morgan fingerprint density at radius 2 is 1.92 bits per heavy atom. The van der Waals surface area contributed by atoms with Crippen LogP contribution in [0.4, 0.5) is 13.2 Å². The average Bonchev–Trinajstić information content (AvgIpc) is 3.35. The van der Waals surface area contributed by atoms with Crippen molar-refractivity contribution in [3.05, 3.63) is 72.3 Å². The molecular formula is C25H21F3N4O4S. The van der Waals surface area contributed by atoms with Gasteiger partial charge in [-0.05, 0) is 55.8 Å². The van der Waals surface area contributed by atoms with Crippen molar-refractivity contribution in [3.8, 4) is 22.7 Å². The van der Waals surface area contributed by atoms with Gasteiger partial charge in [0.1, 0.15) is 23.0 Å². The number of hydrogen-bond acceptors (Lipinski definition) is 6. The predicted octanol–water partition coefficient (Wildman–Crippen LogP) is 4.14. The maximum Gasteiger partial charge on any atom is 0.387 e. The molecule has 0 unspecified atom stereocenters. The van der Waals surface area contributed by atoms with Gasteiger partial charge >= 0.3 is 6.61 Å². The Morgan fingerprint density at radius 3 is 2.59 bits per heavy atom. The minimum atomic E-state index is -3.24. The van der Waals surface area contributed by atoms with Crippen molar-refractivity contribution in [1.82, 2.24) is 20.1 Å². The molecule has 1 atom stereocenters. The number of nitrogens with one attached hydrogen (secondary N) is 1. The lowest BCUT2D eigenvalue weighted by Gasteiger charge is -2.23. The molecule has 1 amide bonds. The molecule has 37 heavy (non-hydrogen) atoms. The van der Waals surface area contributed by atoms with Gasteiger partial charge in [-0.3, -0.25) is 9.78 Å². The van der Waals surface area contributed by atoms with Crippen molar-refractivity contribution in [2.45, 2.75) is 25.5 Å². The molecule has 0 aliphatic carbocycles. The van der Waals surface area contributed by atoms with Gasteiger partial charge in [0.15, 0.2) is 9.84 Å². The second-order valence-corrected chi connectivity index (χ2v) is 11.3. The van der Waals surface area contributed by atoms with Gasteiger partial charge in [-0.25, -0.2) is 17.5 Å². The molecule has 0 radical (unpaired) electrons. The van der Waals surface area contributed by atoms with Gasteiger partial charge in [0.25, 0.3) is 5.91 Å². The van der Waals surface area contributed by atoms with Crippen molar-refractivity contribution in [2.75, 3.05) is 11.5 Å². The van der Waals surface area contributed by atoms with Crippen LogP contribution in [0.1, 0.15) is 23.8 Å². The maximum atomic E-state index is 13.6. The standard InChI is InChI=1S/C25H21F3N4O4S/c1-25(9-10-37(34,35)14-25)30-23(33)20-12-21-19(13-29-20)22(15-3-2-4-18(11-15)36-24(27)28)31-32(21)17-7-5-16(26)6-8-17/h2-8,11-13,24H,9-10,14H2,1H3,(H,30,33)/t25-/m0/s1. The summed E-state index contributed by atoms with van der Waals surface area (Å²) in [7, 11) is -3.24. The highest BCUT2D eigenvalue weighted by Crippen LogP contribution is 2.32. The molecule has 1 fully saturated rings. The first-order chi connectivity index (χ1) is 17.5. The van der Waals surface area contributed by atoms with Gasteiger partial charge in [-0.1, -0.05) is 12.1 Å². The van der Waals surface area contributed by atoms with Crippen molar-refractivity contribution < 1.29 is 31.1 Å². The van der Waals surface area contributed by atoms with Crippen molar-refractivity contribution in [1.29, 1.82) is 0 Å². The molecule has 0 bridgehead atoms. The van der Waals surface area contributed by atoms with E-state index in [4.69, 9.17) is 0 Å². The van der Waals surface area contributed by atoms with Gasteiger partial charge in [0.2, 0.25) is 0 Å². The number of aromatic nitrogens is 3. The zero-order valence-corrected chi connectivity index (χ0v) is 20.3. The normalized spacial score (nSPS) is 18.8. The Bertz CT molecular complexity index is 1610. The van der Waals surface area contributed by atoms with Crippen LogP contribution in [0, 0.1) is 5.82 Å². The predicted molar refractivity (Wildman–Crippen MR) is 130 cm³/mol. The highest BCUT2D eigenvalue weighted by molar-refractivity contribution is 7.91. The number of halogens is 3. The van der Waals surface area contributed by atoms with Crippen molar-refractivity contribution >= 4 is 26.6 Å². The van der Waals surface area contributed by atoms with Gasteiger partial charge in [0, 0.05) is 17.1 Å². The second kappa shape index (κ2) is 9.18. The summed E-state index contributed by atoms with van der Waals surface area (Å²) in [4.78, 5) is 17.3. The van der Waals surface area contributed by atoms with Crippen LogP contribution in [0.2, 0.25) is 0 Å². The van der Waals surface area contributed by atoms with Gasteiger partial charge in [0.05, 0.1) is 28.2 Å². The highest BCUT2D eigenvalue weighted by Gasteiger charge is 2.39. The fourth-order valence-corrected chi connectivity index (χ4v) is 6.49. The Balaban J connectivity index is 1.59. The number of sulfone groups is 1. The first kappa shape index (κ1) is 24.8. The third-order valence-corrected chi connectivity index (χ3v) is 8.02. The molecule has 12 heteroatoms. The zero-order chi connectivity index (χ0) is 26.4. The minimum absolute atomic E-state index is 0.00865. The molecule has 1 saturated heterocycles. The second-order valence-electron chi connectivity index (χ2n) is 9.09. The van der Waals surface area contributed by atoms with Gasteiger partial charge in [-0.15, -0.1) is 0 Å². The molecular weight excluding hydrogens is 509 g/mol. The van der Waals surface area contributed by atoms with Crippen molar-refractivity contribution in [3.63, 3.8) is 0 Å². The van der Waals surface area contributed by atoms with E-state index >= 15 is 0 Å². The quantitative estimate of drug-likeness (QED) is 0.402. The van der Waals surface area contributed by atoms with Crippen LogP contribution < -0.4 is 10.1 Å². The molecule has 0 saturated carbocycles. The van der Waals surface area contributed by atoms with E-state index in [1.54, 1.807) is 19.1 Å². The molecule has 3 heterocycles. The van der Waals surface area contributed by atoms with E-state index in [1.807, 2.05) is 0 Å². The highest BCUT2D eigenvalue weighted by atomic mass is 32.2. The first-order valence-electron chi connectivity index (χ1n) is 11.2. The number of carbonyl (C=O) groups excluding carboxylic acids is 1. The molecule has 1 aliphatic rings. The van der Waals surface area contributed by atoms with Crippen LogP contribution in [0.25, 0.3) is 27.8 Å². The lowest BCUT2D eigenvalue weighted by atomic mass is 10.0. The maximum absolute atomic E-state index is 13.6. The van der Waals surface area contributed by atoms with E-state index in [1.165, 1.54) is 53.3 Å². The molecule has 192 valence electrons. The summed E-state index contributed by atoms with van der Waals surface area (Å²) in [6.07, 6.45) is 1.72. The van der Waals surface area contributed by atoms with Crippen LogP contribution in [0.15, 0.2) is 60.8 Å². The number of carbonyl (C=O) groups is 1. The largest absolute Gasteiger partial charge is 0.435 e. The number of alkyl halides is 2. The Labute approximate surface area is 210 Å². The fraction of sp³-hybridized carbons (Fsp3) is 0.240. The monoisotopic (exact) mass is 530 g/mol. The van der Waals surface area contributed by atoms with Crippen LogP contribution in [0.5, 0.6) is 5.75 Å². The fourth-order valence-electron chi connectivity index (χ4n) is 4.39. The van der Waals surface area contributed by atoms with Crippen LogP contribution in [-0.4, -0.2) is 52.7 Å². The molecule has 1 aliphatic heterocycles. The lowest BCUT2D eigenvalue weighted by Crippen LogP contribution is -2.47. The van der Waals surface area contributed by atoms with Crippen LogP contribution >= 0.6 is 0 Å². The summed E-state index contributed by atoms with van der Waals surface area (Å²) in [6, 6.07) is 13.0. The molecule has 1 N–H and O–H groups in total. The summed E-state index contributed by atoms with van der Waals surface area (Å²) in [6.45, 7) is -1.33. The third-order valence-electron chi connectivity index (χ3n) is 6.12. The Hall–Kier alpha value is -3.93. The molecule has 2 aromatic carbocycles. The molecule has 8 nitrogen and oxygen atoms in total. The summed E-state index contributed by atoms with van der Waals surface area (Å²) in [5.41, 5.74) is 0.900. The number of ether oxygens (including phenoxy) is 1. The Morgan fingerprint density at radius 1 is 1.16 bits per heavy atom. The van der Waals surface area contributed by atoms with E-state index in [-0.39, 0.29) is 29.4 Å². The number of rotatable bonds is 6. The van der Waals surface area contributed by atoms with Crippen LogP contribution in [0.3, 0.4) is 0 Å². The van der Waals surface area contributed by atoms with Crippen LogP contribution in [-0.2, 0) is 9.84 Å². The summed E-state index contributed by atoms with van der Waals surface area (Å²) in [5.74, 6) is -1.23. The number of pyridine rings is 1. The van der Waals surface area contributed by atoms with Gasteiger partial charge in [-0.2, -0.15) is 13.9 Å².